The molecule has 0 radical (unpaired) electrons. The smallest absolute Gasteiger partial charge is 0.419 e. The monoisotopic (exact) mass is 375 g/mol. The summed E-state index contributed by atoms with van der Waals surface area (Å²) in [5, 5.41) is 12.8. The van der Waals surface area contributed by atoms with E-state index in [1.165, 1.54) is 10.8 Å². The first kappa shape index (κ1) is 19.3. The van der Waals surface area contributed by atoms with Gasteiger partial charge in [0.05, 0.1) is 29.8 Å². The third-order valence-corrected chi connectivity index (χ3v) is 4.36. The highest BCUT2D eigenvalue weighted by atomic mass is 16.6. The van der Waals surface area contributed by atoms with Gasteiger partial charge in [0.15, 0.2) is 0 Å². The summed E-state index contributed by atoms with van der Waals surface area (Å²) in [4.78, 5) is 29.8. The van der Waals surface area contributed by atoms with E-state index in [2.05, 4.69) is 10.3 Å². The van der Waals surface area contributed by atoms with Gasteiger partial charge in [0.25, 0.3) is 5.91 Å². The molecule has 27 heavy (non-hydrogen) atoms. The number of nitrogens with one attached hydrogen (secondary N) is 1. The predicted molar refractivity (Wildman–Crippen MR) is 98.8 cm³/mol. The van der Waals surface area contributed by atoms with Crippen molar-refractivity contribution < 1.29 is 24.2 Å². The number of fused-ring (bicyclic) bond motifs is 1. The summed E-state index contributed by atoms with van der Waals surface area (Å²) in [6.07, 6.45) is 2.21. The van der Waals surface area contributed by atoms with Crippen LogP contribution in [0.2, 0.25) is 0 Å². The molecule has 1 aliphatic rings. The third kappa shape index (κ3) is 4.12. The summed E-state index contributed by atoms with van der Waals surface area (Å²) < 4.78 is 12.0. The predicted octanol–water partition coefficient (Wildman–Crippen LogP) is 2.01. The Balaban J connectivity index is 1.97. The molecule has 1 amide bonds. The van der Waals surface area contributed by atoms with E-state index < -0.39 is 29.7 Å². The minimum absolute atomic E-state index is 0.183. The van der Waals surface area contributed by atoms with Crippen molar-refractivity contribution in [2.24, 2.45) is 0 Å². The molecule has 2 aromatic rings. The summed E-state index contributed by atoms with van der Waals surface area (Å²) in [6.45, 7) is 7.83. The normalized spacial score (nSPS) is 20.5. The Morgan fingerprint density at radius 3 is 2.81 bits per heavy atom. The fourth-order valence-corrected chi connectivity index (χ4v) is 3.07. The number of amides is 1. The van der Waals surface area contributed by atoms with E-state index in [0.717, 1.165) is 5.56 Å². The Kier molecular flexibility index (Phi) is 5.21. The molecule has 8 heteroatoms. The number of aryl methyl sites for hydroxylation is 1. The zero-order valence-corrected chi connectivity index (χ0v) is 16.0. The number of carbonyl (C=O) groups is 2. The molecule has 1 saturated heterocycles. The lowest BCUT2D eigenvalue weighted by molar-refractivity contribution is -0.0260. The van der Waals surface area contributed by atoms with Crippen LogP contribution in [0.3, 0.4) is 0 Å². The number of carbonyl (C=O) groups excluding carboxylic acids is 2. The van der Waals surface area contributed by atoms with Gasteiger partial charge in [-0.15, -0.1) is 0 Å². The van der Waals surface area contributed by atoms with E-state index >= 15 is 0 Å². The van der Waals surface area contributed by atoms with E-state index in [1.54, 1.807) is 33.0 Å². The maximum absolute atomic E-state index is 12.8. The molecule has 1 aliphatic heterocycles. The SMILES string of the molecule is Cc1ccnc2c(C(=O)NC3CCOCC3O)cn(C(=O)OC(C)(C)C)c12. The molecule has 2 aromatic heterocycles. The first-order valence-electron chi connectivity index (χ1n) is 8.94. The number of pyridine rings is 1. The molecular formula is C19H25N3O5. The molecular weight excluding hydrogens is 350 g/mol. The van der Waals surface area contributed by atoms with E-state index in [4.69, 9.17) is 9.47 Å². The van der Waals surface area contributed by atoms with Crippen LogP contribution in [-0.2, 0) is 9.47 Å². The van der Waals surface area contributed by atoms with E-state index in [-0.39, 0.29) is 12.2 Å². The minimum atomic E-state index is -0.767. The van der Waals surface area contributed by atoms with Gasteiger partial charge in [-0.25, -0.2) is 9.36 Å². The topological polar surface area (TPSA) is 103 Å². The fraction of sp³-hybridized carbons (Fsp3) is 0.526. The van der Waals surface area contributed by atoms with Crippen molar-refractivity contribution >= 4 is 23.0 Å². The summed E-state index contributed by atoms with van der Waals surface area (Å²) in [5.41, 5.74) is 1.34. The lowest BCUT2D eigenvalue weighted by atomic mass is 10.1. The Morgan fingerprint density at radius 1 is 1.41 bits per heavy atom. The van der Waals surface area contributed by atoms with Gasteiger partial charge in [-0.1, -0.05) is 0 Å². The zero-order chi connectivity index (χ0) is 19.8. The van der Waals surface area contributed by atoms with Crippen molar-refractivity contribution in [3.63, 3.8) is 0 Å². The van der Waals surface area contributed by atoms with Crippen LogP contribution in [0.25, 0.3) is 11.0 Å². The third-order valence-electron chi connectivity index (χ3n) is 4.36. The molecule has 3 heterocycles. The highest BCUT2D eigenvalue weighted by Gasteiger charge is 2.29. The van der Waals surface area contributed by atoms with Crippen LogP contribution in [0, 0.1) is 6.92 Å². The molecule has 0 aromatic carbocycles. The number of hydrogen-bond acceptors (Lipinski definition) is 6. The van der Waals surface area contributed by atoms with Gasteiger partial charge < -0.3 is 19.9 Å². The van der Waals surface area contributed by atoms with Crippen molar-refractivity contribution in [3.05, 3.63) is 29.6 Å². The zero-order valence-electron chi connectivity index (χ0n) is 16.0. The Morgan fingerprint density at radius 2 is 2.15 bits per heavy atom. The maximum atomic E-state index is 12.8. The maximum Gasteiger partial charge on any atom is 0.419 e. The number of aliphatic hydroxyl groups excluding tert-OH is 1. The first-order chi connectivity index (χ1) is 12.7. The molecule has 3 rings (SSSR count). The number of aromatic nitrogens is 2. The van der Waals surface area contributed by atoms with E-state index in [1.807, 2.05) is 6.92 Å². The number of nitrogens with zero attached hydrogens (tertiary/aromatic N) is 2. The first-order valence-corrected chi connectivity index (χ1v) is 8.94. The molecule has 2 unspecified atom stereocenters. The lowest BCUT2D eigenvalue weighted by Crippen LogP contribution is -2.48. The molecule has 8 nitrogen and oxygen atoms in total. The second-order valence-corrected chi connectivity index (χ2v) is 7.73. The summed E-state index contributed by atoms with van der Waals surface area (Å²) in [6, 6.07) is 1.36. The van der Waals surface area contributed by atoms with Crippen molar-refractivity contribution in [2.45, 2.75) is 51.9 Å². The van der Waals surface area contributed by atoms with Crippen LogP contribution in [-0.4, -0.2) is 57.6 Å². The van der Waals surface area contributed by atoms with Crippen molar-refractivity contribution in [1.29, 1.82) is 0 Å². The van der Waals surface area contributed by atoms with Crippen LogP contribution < -0.4 is 5.32 Å². The highest BCUT2D eigenvalue weighted by Crippen LogP contribution is 2.24. The number of rotatable bonds is 2. The quantitative estimate of drug-likeness (QED) is 0.832. The number of aliphatic hydroxyl groups is 1. The summed E-state index contributed by atoms with van der Waals surface area (Å²) in [7, 11) is 0. The summed E-state index contributed by atoms with van der Waals surface area (Å²) >= 11 is 0. The van der Waals surface area contributed by atoms with Gasteiger partial charge in [0.1, 0.15) is 11.1 Å². The van der Waals surface area contributed by atoms with Crippen LogP contribution >= 0.6 is 0 Å². The Hall–Kier alpha value is -2.45. The van der Waals surface area contributed by atoms with Gasteiger partial charge in [0, 0.05) is 19.0 Å². The number of hydrogen-bond donors (Lipinski definition) is 2. The van der Waals surface area contributed by atoms with Crippen LogP contribution in [0.15, 0.2) is 18.5 Å². The van der Waals surface area contributed by atoms with Crippen LogP contribution in [0.4, 0.5) is 4.79 Å². The Bertz CT molecular complexity index is 868. The number of ether oxygens (including phenoxy) is 2. The molecule has 2 N–H and O–H groups in total. The van der Waals surface area contributed by atoms with Gasteiger partial charge in [-0.2, -0.15) is 0 Å². The molecule has 0 aliphatic carbocycles. The van der Waals surface area contributed by atoms with E-state index in [0.29, 0.717) is 24.1 Å². The molecule has 146 valence electrons. The van der Waals surface area contributed by atoms with Gasteiger partial charge in [-0.3, -0.25) is 9.78 Å². The van der Waals surface area contributed by atoms with Gasteiger partial charge >= 0.3 is 6.09 Å². The summed E-state index contributed by atoms with van der Waals surface area (Å²) in [5.74, 6) is -0.397. The molecule has 0 spiro atoms. The van der Waals surface area contributed by atoms with Crippen LogP contribution in [0.5, 0.6) is 0 Å². The average Bonchev–Trinajstić information content (AvgIpc) is 2.97. The second kappa shape index (κ2) is 7.28. The second-order valence-electron chi connectivity index (χ2n) is 7.73. The standard InChI is InChI=1S/C19H25N3O5/c1-11-5-7-20-15-12(17(24)21-13-6-8-26-10-14(13)23)9-22(16(11)15)18(25)27-19(2,3)4/h5,7,9,13-14,23H,6,8,10H2,1-4H3,(H,21,24). The van der Waals surface area contributed by atoms with Gasteiger partial charge in [-0.05, 0) is 45.7 Å². The molecule has 0 bridgehead atoms. The molecule has 2 atom stereocenters. The minimum Gasteiger partial charge on any atom is -0.443 e. The lowest BCUT2D eigenvalue weighted by Gasteiger charge is -2.28. The molecule has 1 fully saturated rings. The van der Waals surface area contributed by atoms with Crippen molar-refractivity contribution in [1.82, 2.24) is 14.9 Å². The largest absolute Gasteiger partial charge is 0.443 e. The van der Waals surface area contributed by atoms with Crippen molar-refractivity contribution in [2.75, 3.05) is 13.2 Å². The average molecular weight is 375 g/mol. The molecule has 0 saturated carbocycles. The fourth-order valence-electron chi connectivity index (χ4n) is 3.07. The van der Waals surface area contributed by atoms with Crippen molar-refractivity contribution in [3.8, 4) is 0 Å². The highest BCUT2D eigenvalue weighted by molar-refractivity contribution is 6.08. The van der Waals surface area contributed by atoms with Gasteiger partial charge in [0.2, 0.25) is 0 Å². The van der Waals surface area contributed by atoms with Crippen LogP contribution in [0.1, 0.15) is 43.1 Å². The Labute approximate surface area is 157 Å². The van der Waals surface area contributed by atoms with E-state index in [9.17, 15) is 14.7 Å².